The summed E-state index contributed by atoms with van der Waals surface area (Å²) in [5.74, 6) is 0. The van der Waals surface area contributed by atoms with Crippen molar-refractivity contribution in [1.29, 1.82) is 0 Å². The predicted molar refractivity (Wildman–Crippen MR) is 53.5 cm³/mol. The van der Waals surface area contributed by atoms with E-state index in [4.69, 9.17) is 17.3 Å². The number of nitrogen functional groups attached to an aromatic ring is 1. The molecule has 0 radical (unpaired) electrons. The fourth-order valence-corrected chi connectivity index (χ4v) is 1.55. The smallest absolute Gasteiger partial charge is 0.397 e. The van der Waals surface area contributed by atoms with Crippen LogP contribution >= 0.6 is 27.5 Å². The lowest BCUT2D eigenvalue weighted by molar-refractivity contribution is -0.136. The van der Waals surface area contributed by atoms with Gasteiger partial charge in [0.15, 0.2) is 0 Å². The molecule has 0 atom stereocenters. The van der Waals surface area contributed by atoms with E-state index in [0.717, 1.165) is 6.07 Å². The van der Waals surface area contributed by atoms with Gasteiger partial charge in [-0.1, -0.05) is 27.5 Å². The summed E-state index contributed by atoms with van der Waals surface area (Å²) in [4.78, 5) is 0. The summed E-state index contributed by atoms with van der Waals surface area (Å²) in [6.07, 6.45) is -4.47. The van der Waals surface area contributed by atoms with Crippen LogP contribution in [-0.4, -0.2) is 0 Å². The molecule has 2 N–H and O–H groups in total. The molecule has 1 aromatic rings. The number of benzene rings is 1. The molecule has 1 rings (SSSR count). The second-order valence-electron chi connectivity index (χ2n) is 2.67. The van der Waals surface area contributed by atoms with E-state index in [1.807, 2.05) is 0 Å². The maximum Gasteiger partial charge on any atom is 0.418 e. The molecule has 0 saturated carbocycles. The lowest BCUT2D eigenvalue weighted by Gasteiger charge is -2.12. The molecule has 0 aliphatic rings. The average molecular weight is 288 g/mol. The van der Waals surface area contributed by atoms with E-state index in [-0.39, 0.29) is 5.02 Å². The highest BCUT2D eigenvalue weighted by atomic mass is 79.9. The van der Waals surface area contributed by atoms with Crippen LogP contribution < -0.4 is 5.73 Å². The van der Waals surface area contributed by atoms with Crippen LogP contribution in [0.1, 0.15) is 11.1 Å². The SMILES string of the molecule is Nc1c(Cl)cc(CBr)cc1C(F)(F)F. The Morgan fingerprint density at radius 3 is 2.36 bits per heavy atom. The lowest BCUT2D eigenvalue weighted by Crippen LogP contribution is -2.09. The zero-order valence-electron chi connectivity index (χ0n) is 6.83. The van der Waals surface area contributed by atoms with Crippen molar-refractivity contribution in [2.24, 2.45) is 0 Å². The minimum absolute atomic E-state index is 0.0747. The molecule has 1 aromatic carbocycles. The molecule has 0 saturated heterocycles. The molecule has 14 heavy (non-hydrogen) atoms. The standard InChI is InChI=1S/C8H6BrClF3N/c9-3-4-1-5(8(11,12)13)7(14)6(10)2-4/h1-2H,3,14H2. The van der Waals surface area contributed by atoms with Crippen molar-refractivity contribution < 1.29 is 13.2 Å². The summed E-state index contributed by atoms with van der Waals surface area (Å²) < 4.78 is 37.2. The third-order valence-corrected chi connectivity index (χ3v) is 2.61. The number of anilines is 1. The second-order valence-corrected chi connectivity index (χ2v) is 3.64. The van der Waals surface area contributed by atoms with Crippen LogP contribution in [0.3, 0.4) is 0 Å². The first-order valence-corrected chi connectivity index (χ1v) is 5.07. The van der Waals surface area contributed by atoms with Crippen LogP contribution in [0.4, 0.5) is 18.9 Å². The summed E-state index contributed by atoms with van der Waals surface area (Å²) in [6, 6.07) is 2.39. The Hall–Kier alpha value is -0.420. The summed E-state index contributed by atoms with van der Waals surface area (Å²) in [6.45, 7) is 0. The molecule has 78 valence electrons. The molecule has 0 aliphatic carbocycles. The lowest BCUT2D eigenvalue weighted by atomic mass is 10.1. The number of hydrogen-bond acceptors (Lipinski definition) is 1. The summed E-state index contributed by atoms with van der Waals surface area (Å²) >= 11 is 8.61. The fraction of sp³-hybridized carbons (Fsp3) is 0.250. The van der Waals surface area contributed by atoms with Gasteiger partial charge in [0, 0.05) is 5.33 Å². The highest BCUT2D eigenvalue weighted by Gasteiger charge is 2.34. The van der Waals surface area contributed by atoms with Crippen molar-refractivity contribution >= 4 is 33.2 Å². The van der Waals surface area contributed by atoms with Gasteiger partial charge in [-0.3, -0.25) is 0 Å². The molecule has 0 spiro atoms. The van der Waals surface area contributed by atoms with Crippen molar-refractivity contribution in [3.05, 3.63) is 28.3 Å². The van der Waals surface area contributed by atoms with E-state index < -0.39 is 17.4 Å². The minimum atomic E-state index is -4.47. The monoisotopic (exact) mass is 287 g/mol. The van der Waals surface area contributed by atoms with Gasteiger partial charge in [-0.15, -0.1) is 0 Å². The maximum atomic E-state index is 12.4. The number of rotatable bonds is 1. The molecule has 6 heteroatoms. The first-order chi connectivity index (χ1) is 6.36. The highest BCUT2D eigenvalue weighted by Crippen LogP contribution is 2.38. The van der Waals surface area contributed by atoms with E-state index in [0.29, 0.717) is 10.9 Å². The normalized spacial score (nSPS) is 11.8. The molecule has 0 aromatic heterocycles. The average Bonchev–Trinajstić information content (AvgIpc) is 2.07. The first-order valence-electron chi connectivity index (χ1n) is 3.57. The van der Waals surface area contributed by atoms with Crippen molar-refractivity contribution in [2.75, 3.05) is 5.73 Å². The highest BCUT2D eigenvalue weighted by molar-refractivity contribution is 9.08. The second kappa shape index (κ2) is 3.98. The molecule has 0 heterocycles. The Labute approximate surface area is 92.2 Å². The number of halogens is 5. The molecular formula is C8H6BrClF3N. The quantitative estimate of drug-likeness (QED) is 0.617. The Morgan fingerprint density at radius 2 is 1.93 bits per heavy atom. The zero-order valence-corrected chi connectivity index (χ0v) is 9.17. The largest absolute Gasteiger partial charge is 0.418 e. The maximum absolute atomic E-state index is 12.4. The van der Waals surface area contributed by atoms with Gasteiger partial charge in [0.1, 0.15) is 0 Å². The summed E-state index contributed by atoms with van der Waals surface area (Å²) in [5, 5.41) is 0.227. The molecule has 0 unspecified atom stereocenters. The number of nitrogens with two attached hydrogens (primary N) is 1. The van der Waals surface area contributed by atoms with Crippen LogP contribution in [0, 0.1) is 0 Å². The molecule has 0 aliphatic heterocycles. The van der Waals surface area contributed by atoms with Crippen LogP contribution in [0.15, 0.2) is 12.1 Å². The predicted octanol–water partition coefficient (Wildman–Crippen LogP) is 3.84. The number of alkyl halides is 4. The third kappa shape index (κ3) is 2.33. The third-order valence-electron chi connectivity index (χ3n) is 1.65. The Bertz CT molecular complexity index is 351. The van der Waals surface area contributed by atoms with Gasteiger partial charge >= 0.3 is 6.18 Å². The van der Waals surface area contributed by atoms with Crippen LogP contribution in [-0.2, 0) is 11.5 Å². The first kappa shape index (κ1) is 11.7. The van der Waals surface area contributed by atoms with E-state index in [1.54, 1.807) is 0 Å². The summed E-state index contributed by atoms with van der Waals surface area (Å²) in [7, 11) is 0. The molecule has 0 bridgehead atoms. The Balaban J connectivity index is 3.35. The van der Waals surface area contributed by atoms with Crippen molar-refractivity contribution in [1.82, 2.24) is 0 Å². The van der Waals surface area contributed by atoms with E-state index in [2.05, 4.69) is 15.9 Å². The molecule has 1 nitrogen and oxygen atoms in total. The molecule has 0 amide bonds. The minimum Gasteiger partial charge on any atom is -0.397 e. The van der Waals surface area contributed by atoms with Gasteiger partial charge in [0.2, 0.25) is 0 Å². The van der Waals surface area contributed by atoms with Gasteiger partial charge < -0.3 is 5.73 Å². The van der Waals surface area contributed by atoms with Gasteiger partial charge in [0.25, 0.3) is 0 Å². The fourth-order valence-electron chi connectivity index (χ4n) is 0.986. The zero-order chi connectivity index (χ0) is 10.9. The van der Waals surface area contributed by atoms with Crippen LogP contribution in [0.25, 0.3) is 0 Å². The Kier molecular flexibility index (Phi) is 3.32. The van der Waals surface area contributed by atoms with Crippen molar-refractivity contribution in [2.45, 2.75) is 11.5 Å². The van der Waals surface area contributed by atoms with E-state index >= 15 is 0 Å². The molecule has 0 fully saturated rings. The van der Waals surface area contributed by atoms with Gasteiger partial charge in [-0.2, -0.15) is 13.2 Å². The molecular weight excluding hydrogens is 282 g/mol. The van der Waals surface area contributed by atoms with Crippen LogP contribution in [0.2, 0.25) is 5.02 Å². The van der Waals surface area contributed by atoms with Gasteiger partial charge in [-0.05, 0) is 17.7 Å². The van der Waals surface area contributed by atoms with Gasteiger partial charge in [0.05, 0.1) is 16.3 Å². The van der Waals surface area contributed by atoms with E-state index in [9.17, 15) is 13.2 Å². The van der Waals surface area contributed by atoms with Crippen molar-refractivity contribution in [3.63, 3.8) is 0 Å². The topological polar surface area (TPSA) is 26.0 Å². The van der Waals surface area contributed by atoms with Gasteiger partial charge in [-0.25, -0.2) is 0 Å². The number of hydrogen-bond donors (Lipinski definition) is 1. The van der Waals surface area contributed by atoms with Crippen molar-refractivity contribution in [3.8, 4) is 0 Å². The van der Waals surface area contributed by atoms with Crippen LogP contribution in [0.5, 0.6) is 0 Å². The summed E-state index contributed by atoms with van der Waals surface area (Å²) in [5.41, 5.74) is 4.35. The Morgan fingerprint density at radius 1 is 1.36 bits per heavy atom. The van der Waals surface area contributed by atoms with E-state index in [1.165, 1.54) is 6.07 Å².